The Kier molecular flexibility index (Phi) is 8.54. The van der Waals surface area contributed by atoms with Crippen LogP contribution in [0, 0.1) is 0 Å². The Morgan fingerprint density at radius 1 is 0.900 bits per heavy atom. The molecule has 0 fully saturated rings. The van der Waals surface area contributed by atoms with Crippen LogP contribution in [-0.2, 0) is 12.5 Å². The van der Waals surface area contributed by atoms with Gasteiger partial charge in [0, 0.05) is 10.7 Å². The van der Waals surface area contributed by atoms with Crippen molar-refractivity contribution in [2.45, 2.75) is 0 Å². The normalized spacial score (nSPS) is 9.67. The highest BCUT2D eigenvalue weighted by molar-refractivity contribution is 7.44. The fraction of sp³-hybridized carbons (Fsp3) is 0. The van der Waals surface area contributed by atoms with Gasteiger partial charge in [0.05, 0.1) is 16.1 Å². The number of para-hydroxylation sites is 1. The minimum Gasteiger partial charge on any atom is -0.478 e. The van der Waals surface area contributed by atoms with Crippen LogP contribution in [0.2, 0.25) is 10.0 Å². The lowest BCUT2D eigenvalue weighted by molar-refractivity contribution is 0.0696. The van der Waals surface area contributed by atoms with Crippen molar-refractivity contribution in [3.8, 4) is 5.75 Å². The second-order valence-electron chi connectivity index (χ2n) is 5.66. The molecule has 154 valence electrons. The first-order chi connectivity index (χ1) is 14.4. The van der Waals surface area contributed by atoms with E-state index in [-0.39, 0.29) is 11.1 Å². The van der Waals surface area contributed by atoms with Gasteiger partial charge in [0.15, 0.2) is 18.3 Å². The first-order valence-corrected chi connectivity index (χ1v) is 9.31. The van der Waals surface area contributed by atoms with Gasteiger partial charge in [-0.05, 0) is 60.7 Å². The SMILES string of the molecule is O=C(O)c1ccc(NC(=O)c2cccc(Cl)c2NOc2ccc(Cl)cc2)cc1.O=S. The molecule has 0 atom stereocenters. The van der Waals surface area contributed by atoms with Crippen molar-refractivity contribution in [1.82, 2.24) is 0 Å². The maximum atomic E-state index is 12.7. The molecule has 0 aliphatic carbocycles. The smallest absolute Gasteiger partial charge is 0.335 e. The maximum Gasteiger partial charge on any atom is 0.335 e. The van der Waals surface area contributed by atoms with Crippen LogP contribution in [0.15, 0.2) is 66.7 Å². The third kappa shape index (κ3) is 6.15. The Hall–Kier alpha value is -3.20. The van der Waals surface area contributed by atoms with Gasteiger partial charge >= 0.3 is 5.97 Å². The van der Waals surface area contributed by atoms with Gasteiger partial charge in [0.25, 0.3) is 5.91 Å². The predicted molar refractivity (Wildman–Crippen MR) is 117 cm³/mol. The minimum absolute atomic E-state index is 0.125. The van der Waals surface area contributed by atoms with Gasteiger partial charge < -0.3 is 15.3 Å². The molecule has 0 spiro atoms. The molecule has 30 heavy (non-hydrogen) atoms. The number of carbonyl (C=O) groups is 2. The largest absolute Gasteiger partial charge is 0.478 e. The number of benzene rings is 3. The number of carboxylic acid groups (broad SMARTS) is 1. The van der Waals surface area contributed by atoms with Crippen molar-refractivity contribution in [3.05, 3.63) is 87.9 Å². The highest BCUT2D eigenvalue weighted by Crippen LogP contribution is 2.28. The molecular weight excluding hydrogens is 451 g/mol. The summed E-state index contributed by atoms with van der Waals surface area (Å²) in [5.74, 6) is -0.994. The van der Waals surface area contributed by atoms with E-state index in [4.69, 9.17) is 37.4 Å². The molecule has 3 N–H and O–H groups in total. The van der Waals surface area contributed by atoms with Gasteiger partial charge in [0.2, 0.25) is 0 Å². The van der Waals surface area contributed by atoms with E-state index in [0.29, 0.717) is 27.2 Å². The van der Waals surface area contributed by atoms with Crippen LogP contribution in [-0.4, -0.2) is 21.2 Å². The fourth-order valence-electron chi connectivity index (χ4n) is 2.32. The Balaban J connectivity index is 0.00000155. The number of hydrogen-bond acceptors (Lipinski definition) is 6. The molecule has 0 bridgehead atoms. The zero-order chi connectivity index (χ0) is 22.1. The molecule has 0 heterocycles. The number of anilines is 2. The van der Waals surface area contributed by atoms with Crippen molar-refractivity contribution in [2.75, 3.05) is 10.8 Å². The number of rotatable bonds is 6. The zero-order valence-electron chi connectivity index (χ0n) is 15.1. The number of halogens is 2. The van der Waals surface area contributed by atoms with Crippen LogP contribution in [0.1, 0.15) is 20.7 Å². The molecule has 0 radical (unpaired) electrons. The summed E-state index contributed by atoms with van der Waals surface area (Å²) in [4.78, 5) is 29.0. The molecule has 0 aliphatic heterocycles. The summed E-state index contributed by atoms with van der Waals surface area (Å²) >= 11 is 14.9. The molecule has 10 heteroatoms. The number of carboxylic acids is 1. The summed E-state index contributed by atoms with van der Waals surface area (Å²) in [5, 5.41) is 12.5. The van der Waals surface area contributed by atoms with Crippen molar-refractivity contribution in [2.24, 2.45) is 0 Å². The van der Waals surface area contributed by atoms with Crippen molar-refractivity contribution in [1.29, 1.82) is 0 Å². The number of nitrogens with one attached hydrogen (secondary N) is 2. The minimum atomic E-state index is -1.04. The summed E-state index contributed by atoms with van der Waals surface area (Å²) in [5.41, 5.74) is 3.81. The lowest BCUT2D eigenvalue weighted by Crippen LogP contribution is -2.16. The lowest BCUT2D eigenvalue weighted by Gasteiger charge is -2.14. The van der Waals surface area contributed by atoms with Gasteiger partial charge in [-0.3, -0.25) is 4.79 Å². The highest BCUT2D eigenvalue weighted by atomic mass is 35.5. The zero-order valence-corrected chi connectivity index (χ0v) is 17.4. The van der Waals surface area contributed by atoms with Gasteiger partial charge in [-0.2, -0.15) is 4.21 Å². The predicted octanol–water partition coefficient (Wildman–Crippen LogP) is 5.01. The van der Waals surface area contributed by atoms with E-state index in [2.05, 4.69) is 23.3 Å². The Bertz CT molecular complexity index is 1030. The number of amides is 1. The van der Waals surface area contributed by atoms with Crippen LogP contribution in [0.5, 0.6) is 5.75 Å². The second kappa shape index (κ2) is 11.1. The summed E-state index contributed by atoms with van der Waals surface area (Å²) in [6, 6.07) is 17.3. The molecule has 0 aromatic heterocycles. The average molecular weight is 465 g/mol. The van der Waals surface area contributed by atoms with Crippen molar-refractivity contribution in [3.63, 3.8) is 0 Å². The van der Waals surface area contributed by atoms with E-state index in [1.807, 2.05) is 0 Å². The van der Waals surface area contributed by atoms with Crippen LogP contribution in [0.25, 0.3) is 0 Å². The molecule has 3 aromatic rings. The lowest BCUT2D eigenvalue weighted by atomic mass is 10.1. The van der Waals surface area contributed by atoms with Gasteiger partial charge in [-0.1, -0.05) is 29.3 Å². The molecule has 0 aliphatic rings. The van der Waals surface area contributed by atoms with Crippen LogP contribution < -0.4 is 15.6 Å². The van der Waals surface area contributed by atoms with E-state index in [1.165, 1.54) is 24.3 Å². The molecule has 1 amide bonds. The quantitative estimate of drug-likeness (QED) is 0.440. The van der Waals surface area contributed by atoms with E-state index in [1.54, 1.807) is 42.5 Å². The highest BCUT2D eigenvalue weighted by Gasteiger charge is 2.15. The fourth-order valence-corrected chi connectivity index (χ4v) is 2.66. The summed E-state index contributed by atoms with van der Waals surface area (Å²) in [6.07, 6.45) is 0. The summed E-state index contributed by atoms with van der Waals surface area (Å²) < 4.78 is 7.83. The molecule has 7 nitrogen and oxygen atoms in total. The molecule has 0 saturated carbocycles. The number of hydrogen-bond donors (Lipinski definition) is 3. The third-order valence-corrected chi connectivity index (χ3v) is 4.30. The van der Waals surface area contributed by atoms with Crippen LogP contribution >= 0.6 is 23.2 Å². The number of aromatic carboxylic acids is 1. The van der Waals surface area contributed by atoms with Crippen LogP contribution in [0.3, 0.4) is 0 Å². The molecule has 3 rings (SSSR count). The first-order valence-electron chi connectivity index (χ1n) is 8.22. The average Bonchev–Trinajstić information content (AvgIpc) is 2.75. The standard InChI is InChI=1S/C20H14Cl2N2O4.OS/c21-13-6-10-15(11-7-13)28-24-18-16(2-1-3-17(18)22)19(25)23-14-8-4-12(5-9-14)20(26)27;1-2/h1-11,24H,(H,23,25)(H,26,27);. The molecular formula is C20H14Cl2N2O5S. The van der Waals surface area contributed by atoms with Gasteiger partial charge in [-0.25, -0.2) is 10.3 Å². The Morgan fingerprint density at radius 2 is 1.53 bits per heavy atom. The monoisotopic (exact) mass is 464 g/mol. The third-order valence-electron chi connectivity index (χ3n) is 3.73. The van der Waals surface area contributed by atoms with E-state index < -0.39 is 11.9 Å². The van der Waals surface area contributed by atoms with E-state index in [0.717, 1.165) is 0 Å². The van der Waals surface area contributed by atoms with Gasteiger partial charge in [-0.15, -0.1) is 0 Å². The molecule has 0 saturated heterocycles. The van der Waals surface area contributed by atoms with E-state index >= 15 is 0 Å². The summed E-state index contributed by atoms with van der Waals surface area (Å²) in [6.45, 7) is 0. The van der Waals surface area contributed by atoms with Gasteiger partial charge in [0.1, 0.15) is 5.69 Å². The van der Waals surface area contributed by atoms with E-state index in [9.17, 15) is 9.59 Å². The van der Waals surface area contributed by atoms with Crippen LogP contribution in [0.4, 0.5) is 11.4 Å². The topological polar surface area (TPSA) is 105 Å². The van der Waals surface area contributed by atoms with Crippen molar-refractivity contribution < 1.29 is 23.7 Å². The first kappa shape index (κ1) is 23.1. The Labute approximate surface area is 187 Å². The maximum absolute atomic E-state index is 12.7. The molecule has 3 aromatic carbocycles. The summed E-state index contributed by atoms with van der Waals surface area (Å²) in [7, 11) is 0. The second-order valence-corrected chi connectivity index (χ2v) is 6.50. The number of carbonyl (C=O) groups excluding carboxylic acids is 1. The molecule has 0 unspecified atom stereocenters. The Morgan fingerprint density at radius 3 is 2.13 bits per heavy atom. The van der Waals surface area contributed by atoms with Crippen molar-refractivity contribution >= 4 is 59.0 Å².